The number of rotatable bonds is 6. The molecule has 2 heterocycles. The molecule has 2 aromatic carbocycles. The highest BCUT2D eigenvalue weighted by molar-refractivity contribution is 7.92. The van der Waals surface area contributed by atoms with Crippen molar-refractivity contribution in [3.8, 4) is 0 Å². The maximum Gasteiger partial charge on any atom is 0.264 e. The van der Waals surface area contributed by atoms with Crippen LogP contribution in [-0.4, -0.2) is 24.3 Å². The van der Waals surface area contributed by atoms with Gasteiger partial charge in [-0.25, -0.2) is 23.1 Å². The van der Waals surface area contributed by atoms with E-state index in [0.29, 0.717) is 5.69 Å². The third-order valence-electron chi connectivity index (χ3n) is 4.86. The molecule has 2 N–H and O–H groups in total. The lowest BCUT2D eigenvalue weighted by Gasteiger charge is -2.08. The standard InChI is InChI=1S/C22H20N4O4S/c1-14-10-19-16(13-30-20(19)11-15(14)2)12-21(27)25-17-4-6-18(7-5-17)31(28,29)26-22-23-8-3-9-24-22/h3-11,13H,12H2,1-2H3,(H,25,27)(H,23,24,26). The molecule has 0 atom stereocenters. The summed E-state index contributed by atoms with van der Waals surface area (Å²) < 4.78 is 32.7. The van der Waals surface area contributed by atoms with Crippen molar-refractivity contribution < 1.29 is 17.6 Å². The van der Waals surface area contributed by atoms with E-state index in [-0.39, 0.29) is 23.2 Å². The van der Waals surface area contributed by atoms with Crippen molar-refractivity contribution in [2.24, 2.45) is 0 Å². The molecule has 0 spiro atoms. The Bertz CT molecular complexity index is 1350. The first kappa shape index (κ1) is 20.5. The summed E-state index contributed by atoms with van der Waals surface area (Å²) in [4.78, 5) is 20.2. The Labute approximate surface area is 179 Å². The van der Waals surface area contributed by atoms with Gasteiger partial charge in [0.1, 0.15) is 5.58 Å². The maximum absolute atomic E-state index is 12.5. The first-order valence-electron chi connectivity index (χ1n) is 9.49. The van der Waals surface area contributed by atoms with Gasteiger partial charge in [0.05, 0.1) is 17.6 Å². The number of benzene rings is 2. The van der Waals surface area contributed by atoms with Crippen LogP contribution in [0.15, 0.2) is 70.4 Å². The van der Waals surface area contributed by atoms with Crippen LogP contribution in [0.25, 0.3) is 11.0 Å². The summed E-state index contributed by atoms with van der Waals surface area (Å²) in [5, 5.41) is 3.69. The number of fused-ring (bicyclic) bond motifs is 1. The Kier molecular flexibility index (Phi) is 5.43. The molecule has 2 aromatic heterocycles. The first-order valence-corrected chi connectivity index (χ1v) is 11.0. The highest BCUT2D eigenvalue weighted by Crippen LogP contribution is 2.25. The molecule has 0 saturated carbocycles. The fourth-order valence-corrected chi connectivity index (χ4v) is 4.06. The van der Waals surface area contributed by atoms with Crippen LogP contribution in [0.4, 0.5) is 11.6 Å². The summed E-state index contributed by atoms with van der Waals surface area (Å²) in [6, 6.07) is 11.4. The first-order chi connectivity index (χ1) is 14.8. The van der Waals surface area contributed by atoms with Crippen LogP contribution < -0.4 is 10.0 Å². The third kappa shape index (κ3) is 4.56. The average molecular weight is 436 g/mol. The van der Waals surface area contributed by atoms with E-state index in [1.807, 2.05) is 26.0 Å². The normalized spacial score (nSPS) is 11.4. The number of aryl methyl sites for hydroxylation is 2. The number of carbonyl (C=O) groups excluding carboxylic acids is 1. The minimum absolute atomic E-state index is 0.0161. The predicted molar refractivity (Wildman–Crippen MR) is 117 cm³/mol. The molecule has 4 rings (SSSR count). The molecule has 0 aliphatic carbocycles. The number of aromatic nitrogens is 2. The summed E-state index contributed by atoms with van der Waals surface area (Å²) in [5.41, 5.74) is 4.28. The Morgan fingerprint density at radius 3 is 2.42 bits per heavy atom. The number of amides is 1. The van der Waals surface area contributed by atoms with Crippen molar-refractivity contribution in [1.82, 2.24) is 9.97 Å². The van der Waals surface area contributed by atoms with E-state index in [2.05, 4.69) is 20.0 Å². The zero-order chi connectivity index (χ0) is 22.0. The van der Waals surface area contributed by atoms with Crippen LogP contribution in [0, 0.1) is 13.8 Å². The Morgan fingerprint density at radius 2 is 1.71 bits per heavy atom. The molecule has 158 valence electrons. The van der Waals surface area contributed by atoms with Gasteiger partial charge in [-0.05, 0) is 67.4 Å². The molecule has 4 aromatic rings. The number of nitrogens with zero attached hydrogens (tertiary/aromatic N) is 2. The lowest BCUT2D eigenvalue weighted by molar-refractivity contribution is -0.115. The highest BCUT2D eigenvalue weighted by Gasteiger charge is 2.16. The number of hydrogen-bond acceptors (Lipinski definition) is 6. The van der Waals surface area contributed by atoms with E-state index < -0.39 is 10.0 Å². The maximum atomic E-state index is 12.5. The quantitative estimate of drug-likeness (QED) is 0.475. The Hall–Kier alpha value is -3.72. The van der Waals surface area contributed by atoms with Gasteiger partial charge >= 0.3 is 0 Å². The van der Waals surface area contributed by atoms with Crippen LogP contribution in [0.2, 0.25) is 0 Å². The Morgan fingerprint density at radius 1 is 1.03 bits per heavy atom. The van der Waals surface area contributed by atoms with Crippen molar-refractivity contribution in [2.45, 2.75) is 25.2 Å². The van der Waals surface area contributed by atoms with Crippen LogP contribution in [0.5, 0.6) is 0 Å². The molecule has 8 nitrogen and oxygen atoms in total. The average Bonchev–Trinajstić information content (AvgIpc) is 3.10. The van der Waals surface area contributed by atoms with Gasteiger partial charge in [-0.3, -0.25) is 4.79 Å². The molecule has 0 unspecified atom stereocenters. The second-order valence-electron chi connectivity index (χ2n) is 7.12. The van der Waals surface area contributed by atoms with Gasteiger partial charge in [0, 0.05) is 29.0 Å². The van der Waals surface area contributed by atoms with E-state index in [4.69, 9.17) is 4.42 Å². The van der Waals surface area contributed by atoms with Gasteiger partial charge < -0.3 is 9.73 Å². The minimum atomic E-state index is -3.83. The van der Waals surface area contributed by atoms with Crippen LogP contribution >= 0.6 is 0 Å². The molecule has 0 fully saturated rings. The van der Waals surface area contributed by atoms with Crippen molar-refractivity contribution in [3.05, 3.63) is 77.8 Å². The second kappa shape index (κ2) is 8.19. The predicted octanol–water partition coefficient (Wildman–Crippen LogP) is 3.82. The molecule has 0 bridgehead atoms. The SMILES string of the molecule is Cc1cc2occ(CC(=O)Nc3ccc(S(=O)(=O)Nc4ncccn4)cc3)c2cc1C. The molecule has 1 amide bonds. The van der Waals surface area contributed by atoms with Gasteiger partial charge in [0.15, 0.2) is 0 Å². The molecular weight excluding hydrogens is 416 g/mol. The number of furan rings is 1. The van der Waals surface area contributed by atoms with E-state index in [9.17, 15) is 13.2 Å². The molecule has 0 aliphatic heterocycles. The highest BCUT2D eigenvalue weighted by atomic mass is 32.2. The summed E-state index contributed by atoms with van der Waals surface area (Å²) in [6.07, 6.45) is 4.61. The van der Waals surface area contributed by atoms with E-state index in [0.717, 1.165) is 27.7 Å². The van der Waals surface area contributed by atoms with E-state index in [1.165, 1.54) is 36.7 Å². The van der Waals surface area contributed by atoms with Gasteiger partial charge in [-0.1, -0.05) is 0 Å². The van der Waals surface area contributed by atoms with E-state index in [1.54, 1.807) is 12.3 Å². The number of anilines is 2. The van der Waals surface area contributed by atoms with Gasteiger partial charge in [-0.2, -0.15) is 0 Å². The zero-order valence-electron chi connectivity index (χ0n) is 16.9. The van der Waals surface area contributed by atoms with Crippen LogP contribution in [0.3, 0.4) is 0 Å². The molecule has 31 heavy (non-hydrogen) atoms. The summed E-state index contributed by atoms with van der Waals surface area (Å²) in [7, 11) is -3.83. The monoisotopic (exact) mass is 436 g/mol. The lowest BCUT2D eigenvalue weighted by atomic mass is 10.0. The summed E-state index contributed by atoms with van der Waals surface area (Å²) in [6.45, 7) is 4.02. The van der Waals surface area contributed by atoms with Gasteiger partial charge in [0.25, 0.3) is 10.0 Å². The second-order valence-corrected chi connectivity index (χ2v) is 8.80. The molecule has 0 radical (unpaired) electrons. The van der Waals surface area contributed by atoms with E-state index >= 15 is 0 Å². The molecular formula is C22H20N4O4S. The fraction of sp³-hybridized carbons (Fsp3) is 0.136. The molecule has 0 saturated heterocycles. The smallest absolute Gasteiger partial charge is 0.264 e. The largest absolute Gasteiger partial charge is 0.464 e. The number of carbonyl (C=O) groups is 1. The molecule has 9 heteroatoms. The number of sulfonamides is 1. The summed E-state index contributed by atoms with van der Waals surface area (Å²) >= 11 is 0. The van der Waals surface area contributed by atoms with Gasteiger partial charge in [0.2, 0.25) is 11.9 Å². The zero-order valence-corrected chi connectivity index (χ0v) is 17.7. The van der Waals surface area contributed by atoms with Crippen LogP contribution in [0.1, 0.15) is 16.7 Å². The van der Waals surface area contributed by atoms with Crippen molar-refractivity contribution in [2.75, 3.05) is 10.0 Å². The molecule has 0 aliphatic rings. The van der Waals surface area contributed by atoms with Gasteiger partial charge in [-0.15, -0.1) is 0 Å². The lowest BCUT2D eigenvalue weighted by Crippen LogP contribution is -2.16. The van der Waals surface area contributed by atoms with Crippen LogP contribution in [-0.2, 0) is 21.2 Å². The fourth-order valence-electron chi connectivity index (χ4n) is 3.10. The topological polar surface area (TPSA) is 114 Å². The Balaban J connectivity index is 1.44. The number of nitrogens with one attached hydrogen (secondary N) is 2. The van der Waals surface area contributed by atoms with Crippen molar-refractivity contribution in [1.29, 1.82) is 0 Å². The number of hydrogen-bond donors (Lipinski definition) is 2. The van der Waals surface area contributed by atoms with Crippen molar-refractivity contribution in [3.63, 3.8) is 0 Å². The third-order valence-corrected chi connectivity index (χ3v) is 6.20. The van der Waals surface area contributed by atoms with Crippen molar-refractivity contribution >= 4 is 38.5 Å². The minimum Gasteiger partial charge on any atom is -0.464 e. The summed E-state index contributed by atoms with van der Waals surface area (Å²) in [5.74, 6) is -0.245.